The van der Waals surface area contributed by atoms with Gasteiger partial charge in [0.15, 0.2) is 0 Å². The summed E-state index contributed by atoms with van der Waals surface area (Å²) in [6, 6.07) is 1.75. The summed E-state index contributed by atoms with van der Waals surface area (Å²) in [6.45, 7) is 5.54. The zero-order chi connectivity index (χ0) is 15.0. The number of ether oxygens (including phenoxy) is 1. The van der Waals surface area contributed by atoms with E-state index in [2.05, 4.69) is 4.98 Å². The third kappa shape index (κ3) is 2.58. The first kappa shape index (κ1) is 14.2. The van der Waals surface area contributed by atoms with Crippen LogP contribution in [-0.4, -0.2) is 45.7 Å². The van der Waals surface area contributed by atoms with Crippen LogP contribution in [0.25, 0.3) is 10.2 Å². The summed E-state index contributed by atoms with van der Waals surface area (Å²) < 4.78 is 6.79. The smallest absolute Gasteiger partial charge is 0.262 e. The number of hydrogen-bond donors (Lipinski definition) is 0. The number of rotatable bonds is 2. The Morgan fingerprint density at radius 2 is 2.33 bits per heavy atom. The van der Waals surface area contributed by atoms with Crippen LogP contribution in [0, 0.1) is 0 Å². The minimum atomic E-state index is -0.348. The standard InChI is InChI=1S/C14H17N3O3S/c1-14(2)8-20-5-4-17(14)11(18)7-16-9-15-12-10(13(16)19)3-6-21-12/h3,6,9H,4-5,7-8H2,1-2H3. The second-order valence-electron chi connectivity index (χ2n) is 5.73. The highest BCUT2D eigenvalue weighted by Gasteiger charge is 2.34. The molecule has 0 saturated carbocycles. The second kappa shape index (κ2) is 5.23. The van der Waals surface area contributed by atoms with Gasteiger partial charge >= 0.3 is 0 Å². The summed E-state index contributed by atoms with van der Waals surface area (Å²) in [5.74, 6) is -0.0817. The zero-order valence-corrected chi connectivity index (χ0v) is 12.9. The normalized spacial score (nSPS) is 18.1. The number of nitrogens with zero attached hydrogens (tertiary/aromatic N) is 3. The van der Waals surface area contributed by atoms with Gasteiger partial charge in [0.25, 0.3) is 5.56 Å². The maximum Gasteiger partial charge on any atom is 0.262 e. The summed E-state index contributed by atoms with van der Waals surface area (Å²) in [7, 11) is 0. The highest BCUT2D eigenvalue weighted by atomic mass is 32.1. The van der Waals surface area contributed by atoms with Gasteiger partial charge in [-0.05, 0) is 25.3 Å². The third-order valence-electron chi connectivity index (χ3n) is 3.70. The highest BCUT2D eigenvalue weighted by molar-refractivity contribution is 7.16. The molecular formula is C14H17N3O3S. The van der Waals surface area contributed by atoms with Crippen molar-refractivity contribution >= 4 is 27.5 Å². The molecule has 1 aliphatic rings. The maximum atomic E-state index is 12.5. The first-order chi connectivity index (χ1) is 9.99. The molecule has 0 aliphatic carbocycles. The lowest BCUT2D eigenvalue weighted by Gasteiger charge is -2.42. The van der Waals surface area contributed by atoms with Gasteiger partial charge in [0.1, 0.15) is 11.4 Å². The molecule has 21 heavy (non-hydrogen) atoms. The number of fused-ring (bicyclic) bond motifs is 1. The fraction of sp³-hybridized carbons (Fsp3) is 0.500. The Labute approximate surface area is 126 Å². The topological polar surface area (TPSA) is 64.4 Å². The first-order valence-electron chi connectivity index (χ1n) is 6.80. The van der Waals surface area contributed by atoms with E-state index in [0.29, 0.717) is 30.0 Å². The molecule has 6 nitrogen and oxygen atoms in total. The number of carbonyl (C=O) groups excluding carboxylic acids is 1. The van der Waals surface area contributed by atoms with Crippen molar-refractivity contribution in [2.45, 2.75) is 25.9 Å². The second-order valence-corrected chi connectivity index (χ2v) is 6.62. The Morgan fingerprint density at radius 3 is 3.10 bits per heavy atom. The molecule has 0 N–H and O–H groups in total. The van der Waals surface area contributed by atoms with Crippen molar-refractivity contribution in [3.63, 3.8) is 0 Å². The van der Waals surface area contributed by atoms with Crippen molar-refractivity contribution in [2.75, 3.05) is 19.8 Å². The number of morpholine rings is 1. The molecule has 0 atom stereocenters. The van der Waals surface area contributed by atoms with Gasteiger partial charge in [-0.25, -0.2) is 4.98 Å². The maximum absolute atomic E-state index is 12.5. The van der Waals surface area contributed by atoms with Crippen LogP contribution in [0.4, 0.5) is 0 Å². The lowest BCUT2D eigenvalue weighted by atomic mass is 10.0. The number of amides is 1. The van der Waals surface area contributed by atoms with Gasteiger partial charge in [-0.15, -0.1) is 11.3 Å². The van der Waals surface area contributed by atoms with Crippen LogP contribution in [0.15, 0.2) is 22.6 Å². The van der Waals surface area contributed by atoms with Gasteiger partial charge in [-0.2, -0.15) is 0 Å². The van der Waals surface area contributed by atoms with E-state index < -0.39 is 0 Å². The summed E-state index contributed by atoms with van der Waals surface area (Å²) in [4.78, 5) is 31.5. The van der Waals surface area contributed by atoms with Crippen molar-refractivity contribution in [3.8, 4) is 0 Å². The van der Waals surface area contributed by atoms with Crippen molar-refractivity contribution in [3.05, 3.63) is 28.1 Å². The van der Waals surface area contributed by atoms with Gasteiger partial charge in [0, 0.05) is 6.54 Å². The molecule has 1 fully saturated rings. The molecule has 1 saturated heterocycles. The molecule has 0 spiro atoms. The summed E-state index contributed by atoms with van der Waals surface area (Å²) in [5.41, 5.74) is -0.514. The van der Waals surface area contributed by atoms with Gasteiger partial charge in [0.05, 0.1) is 30.5 Å². The van der Waals surface area contributed by atoms with Crippen LogP contribution in [0.3, 0.4) is 0 Å². The molecule has 0 bridgehead atoms. The van der Waals surface area contributed by atoms with Gasteiger partial charge in [-0.1, -0.05) is 0 Å². The number of thiophene rings is 1. The van der Waals surface area contributed by atoms with E-state index in [9.17, 15) is 9.59 Å². The van der Waals surface area contributed by atoms with Crippen LogP contribution in [0.2, 0.25) is 0 Å². The lowest BCUT2D eigenvalue weighted by Crippen LogP contribution is -2.56. The lowest BCUT2D eigenvalue weighted by molar-refractivity contribution is -0.147. The summed E-state index contributed by atoms with van der Waals surface area (Å²) >= 11 is 1.42. The minimum absolute atomic E-state index is 0.0149. The largest absolute Gasteiger partial charge is 0.377 e. The highest BCUT2D eigenvalue weighted by Crippen LogP contribution is 2.19. The molecule has 7 heteroatoms. The van der Waals surface area contributed by atoms with Gasteiger partial charge in [0.2, 0.25) is 5.91 Å². The van der Waals surface area contributed by atoms with Gasteiger partial charge < -0.3 is 9.64 Å². The number of hydrogen-bond acceptors (Lipinski definition) is 5. The molecule has 3 heterocycles. The molecule has 2 aromatic heterocycles. The minimum Gasteiger partial charge on any atom is -0.377 e. The Hall–Kier alpha value is -1.73. The monoisotopic (exact) mass is 307 g/mol. The van der Waals surface area contributed by atoms with E-state index in [0.717, 1.165) is 0 Å². The Bertz CT molecular complexity index is 734. The zero-order valence-electron chi connectivity index (χ0n) is 12.0. The number of aromatic nitrogens is 2. The molecular weight excluding hydrogens is 290 g/mol. The average molecular weight is 307 g/mol. The van der Waals surface area contributed by atoms with Crippen LogP contribution in [0.5, 0.6) is 0 Å². The van der Waals surface area contributed by atoms with Crippen LogP contribution in [0.1, 0.15) is 13.8 Å². The third-order valence-corrected chi connectivity index (χ3v) is 4.52. The predicted molar refractivity (Wildman–Crippen MR) is 80.5 cm³/mol. The van der Waals surface area contributed by atoms with E-state index in [4.69, 9.17) is 4.74 Å². The Balaban J connectivity index is 1.86. The fourth-order valence-electron chi connectivity index (χ4n) is 2.56. The Morgan fingerprint density at radius 1 is 1.52 bits per heavy atom. The van der Waals surface area contributed by atoms with Crippen LogP contribution >= 0.6 is 11.3 Å². The van der Waals surface area contributed by atoms with Crippen LogP contribution in [-0.2, 0) is 16.1 Å². The fourth-order valence-corrected chi connectivity index (χ4v) is 3.28. The molecule has 1 amide bonds. The van der Waals surface area contributed by atoms with Crippen molar-refractivity contribution < 1.29 is 9.53 Å². The molecule has 112 valence electrons. The van der Waals surface area contributed by atoms with Crippen molar-refractivity contribution in [2.24, 2.45) is 0 Å². The first-order valence-corrected chi connectivity index (χ1v) is 7.68. The quantitative estimate of drug-likeness (QED) is 0.833. The van der Waals surface area contributed by atoms with E-state index in [-0.39, 0.29) is 23.6 Å². The van der Waals surface area contributed by atoms with Crippen molar-refractivity contribution in [1.29, 1.82) is 0 Å². The molecule has 2 aromatic rings. The van der Waals surface area contributed by atoms with E-state index in [1.807, 2.05) is 19.2 Å². The van der Waals surface area contributed by atoms with Gasteiger partial charge in [-0.3, -0.25) is 14.2 Å². The van der Waals surface area contributed by atoms with E-state index in [1.165, 1.54) is 22.2 Å². The van der Waals surface area contributed by atoms with Crippen LogP contribution < -0.4 is 5.56 Å². The average Bonchev–Trinajstić information content (AvgIpc) is 2.90. The molecule has 1 aliphatic heterocycles. The Kier molecular flexibility index (Phi) is 3.54. The molecule has 3 rings (SSSR count). The van der Waals surface area contributed by atoms with Crippen molar-refractivity contribution in [1.82, 2.24) is 14.5 Å². The SMILES string of the molecule is CC1(C)COCCN1C(=O)Cn1cnc2sccc2c1=O. The molecule has 0 aromatic carbocycles. The summed E-state index contributed by atoms with van der Waals surface area (Å²) in [5, 5.41) is 2.40. The van der Waals surface area contributed by atoms with E-state index >= 15 is 0 Å². The molecule has 0 radical (unpaired) electrons. The summed E-state index contributed by atoms with van der Waals surface area (Å²) in [6.07, 6.45) is 1.45. The molecule has 0 unspecified atom stereocenters. The predicted octanol–water partition coefficient (Wildman–Crippen LogP) is 1.10. The number of carbonyl (C=O) groups is 1. The van der Waals surface area contributed by atoms with E-state index in [1.54, 1.807) is 11.0 Å².